The van der Waals surface area contributed by atoms with Gasteiger partial charge in [-0.15, -0.1) is 0 Å². The van der Waals surface area contributed by atoms with Crippen molar-refractivity contribution in [2.45, 2.75) is 38.3 Å². The average Bonchev–Trinajstić information content (AvgIpc) is 2.02. The highest BCUT2D eigenvalue weighted by molar-refractivity contribution is 7.90. The first-order chi connectivity index (χ1) is 6.33. The predicted octanol–water partition coefficient (Wildman–Crippen LogP) is 1.28. The summed E-state index contributed by atoms with van der Waals surface area (Å²) in [6.45, 7) is 1.87. The number of rotatable bonds is 7. The molecule has 0 radical (unpaired) electrons. The van der Waals surface area contributed by atoms with Crippen LogP contribution < -0.4 is 5.73 Å². The van der Waals surface area contributed by atoms with Crippen LogP contribution in [0.3, 0.4) is 0 Å². The fourth-order valence-electron chi connectivity index (χ4n) is 1.43. The Morgan fingerprint density at radius 3 is 2.29 bits per heavy atom. The van der Waals surface area contributed by atoms with E-state index in [1.807, 2.05) is 6.92 Å². The summed E-state index contributed by atoms with van der Waals surface area (Å²) in [5.74, 6) is 0.0440. The lowest BCUT2D eigenvalue weighted by Gasteiger charge is -2.22. The van der Waals surface area contributed by atoms with Gasteiger partial charge in [0.25, 0.3) is 0 Å². The van der Waals surface area contributed by atoms with Crippen molar-refractivity contribution in [2.75, 3.05) is 18.6 Å². The molecule has 0 fully saturated rings. The van der Waals surface area contributed by atoms with Crippen LogP contribution in [0.5, 0.6) is 0 Å². The molecule has 14 heavy (non-hydrogen) atoms. The van der Waals surface area contributed by atoms with Gasteiger partial charge >= 0.3 is 0 Å². The lowest BCUT2D eigenvalue weighted by molar-refractivity contribution is 0.144. The van der Waals surface area contributed by atoms with E-state index in [9.17, 15) is 12.8 Å². The predicted molar refractivity (Wildman–Crippen MR) is 56.7 cm³/mol. The summed E-state index contributed by atoms with van der Waals surface area (Å²) < 4.78 is 35.4. The first kappa shape index (κ1) is 13.8. The second kappa shape index (κ2) is 5.66. The van der Waals surface area contributed by atoms with Gasteiger partial charge in [0.15, 0.2) is 0 Å². The average molecular weight is 225 g/mol. The Balaban J connectivity index is 3.96. The normalized spacial score (nSPS) is 16.6. The largest absolute Gasteiger partial charge is 0.328 e. The van der Waals surface area contributed by atoms with Crippen LogP contribution in [0.4, 0.5) is 4.39 Å². The van der Waals surface area contributed by atoms with Crippen molar-refractivity contribution >= 4 is 9.84 Å². The Kier molecular flexibility index (Phi) is 5.59. The molecule has 5 heteroatoms. The highest BCUT2D eigenvalue weighted by atomic mass is 32.2. The molecule has 0 spiro atoms. The summed E-state index contributed by atoms with van der Waals surface area (Å²) in [6, 6.07) is 0. The van der Waals surface area contributed by atoms with Crippen LogP contribution in [0.25, 0.3) is 0 Å². The van der Waals surface area contributed by atoms with Gasteiger partial charge in [0, 0.05) is 18.6 Å². The van der Waals surface area contributed by atoms with E-state index < -0.39 is 15.5 Å². The van der Waals surface area contributed by atoms with Gasteiger partial charge in [0.2, 0.25) is 0 Å². The minimum absolute atomic E-state index is 0.0232. The monoisotopic (exact) mass is 225 g/mol. The quantitative estimate of drug-likeness (QED) is 0.710. The molecule has 0 saturated carbocycles. The third-order valence-electron chi connectivity index (χ3n) is 2.20. The van der Waals surface area contributed by atoms with Gasteiger partial charge in [-0.3, -0.25) is 0 Å². The molecule has 0 heterocycles. The lowest BCUT2D eigenvalue weighted by Crippen LogP contribution is -2.33. The van der Waals surface area contributed by atoms with E-state index in [2.05, 4.69) is 0 Å². The molecule has 0 aliphatic carbocycles. The topological polar surface area (TPSA) is 60.2 Å². The number of hydrogen-bond donors (Lipinski definition) is 1. The Hall–Kier alpha value is -0.160. The molecule has 1 unspecified atom stereocenters. The minimum atomic E-state index is -2.98. The van der Waals surface area contributed by atoms with Crippen LogP contribution in [-0.4, -0.2) is 32.6 Å². The van der Waals surface area contributed by atoms with Gasteiger partial charge in [-0.05, 0) is 19.3 Å². The first-order valence-electron chi connectivity index (χ1n) is 4.90. The highest BCUT2D eigenvalue weighted by Gasteiger charge is 2.26. The molecular weight excluding hydrogens is 205 g/mol. The molecule has 1 atom stereocenters. The number of sulfone groups is 1. The zero-order valence-corrected chi connectivity index (χ0v) is 9.74. The molecule has 0 bridgehead atoms. The zero-order chi connectivity index (χ0) is 11.2. The van der Waals surface area contributed by atoms with E-state index in [-0.39, 0.29) is 18.7 Å². The number of alkyl halides is 1. The Morgan fingerprint density at radius 2 is 1.93 bits per heavy atom. The molecular formula is C9H20FNO2S. The van der Waals surface area contributed by atoms with Crippen molar-refractivity contribution in [1.82, 2.24) is 0 Å². The fourth-order valence-corrected chi connectivity index (χ4v) is 2.10. The summed E-state index contributed by atoms with van der Waals surface area (Å²) in [5.41, 5.74) is 3.94. The van der Waals surface area contributed by atoms with Gasteiger partial charge < -0.3 is 5.73 Å². The Bertz CT molecular complexity index is 254. The van der Waals surface area contributed by atoms with Crippen molar-refractivity contribution in [3.63, 3.8) is 0 Å². The number of halogens is 1. The van der Waals surface area contributed by atoms with Gasteiger partial charge in [-0.25, -0.2) is 12.8 Å². The lowest BCUT2D eigenvalue weighted by atomic mass is 9.95. The summed E-state index contributed by atoms with van der Waals surface area (Å²) in [4.78, 5) is 0. The van der Waals surface area contributed by atoms with Gasteiger partial charge in [0.05, 0.1) is 0 Å². The van der Waals surface area contributed by atoms with Crippen LogP contribution in [-0.2, 0) is 9.84 Å². The smallest absolute Gasteiger partial charge is 0.147 e. The first-order valence-corrected chi connectivity index (χ1v) is 6.96. The summed E-state index contributed by atoms with van der Waals surface area (Å²) in [6.07, 6.45) is 2.89. The minimum Gasteiger partial charge on any atom is -0.328 e. The number of nitrogens with two attached hydrogens (primary N) is 1. The molecule has 0 saturated heterocycles. The highest BCUT2D eigenvalue weighted by Crippen LogP contribution is 2.23. The van der Waals surface area contributed by atoms with Crippen molar-refractivity contribution in [2.24, 2.45) is 5.73 Å². The molecule has 0 rings (SSSR count). The number of hydrogen-bond acceptors (Lipinski definition) is 3. The molecule has 0 aromatic heterocycles. The van der Waals surface area contributed by atoms with Crippen molar-refractivity contribution in [1.29, 1.82) is 0 Å². The van der Waals surface area contributed by atoms with Crippen molar-refractivity contribution < 1.29 is 12.8 Å². The van der Waals surface area contributed by atoms with E-state index in [0.717, 1.165) is 12.7 Å². The SMILES string of the molecule is CCCC(F)(CN)CCCS(C)(=O)=O. The van der Waals surface area contributed by atoms with Gasteiger partial charge in [0.1, 0.15) is 15.5 Å². The molecule has 0 amide bonds. The van der Waals surface area contributed by atoms with Crippen LogP contribution >= 0.6 is 0 Å². The van der Waals surface area contributed by atoms with Crippen LogP contribution in [0.1, 0.15) is 32.6 Å². The van der Waals surface area contributed by atoms with Gasteiger partial charge in [-0.2, -0.15) is 0 Å². The summed E-state index contributed by atoms with van der Waals surface area (Å²) in [5, 5.41) is 0. The Morgan fingerprint density at radius 1 is 1.36 bits per heavy atom. The van der Waals surface area contributed by atoms with Crippen molar-refractivity contribution in [3.8, 4) is 0 Å². The fraction of sp³-hybridized carbons (Fsp3) is 1.00. The maximum atomic E-state index is 13.8. The van der Waals surface area contributed by atoms with Crippen molar-refractivity contribution in [3.05, 3.63) is 0 Å². The third kappa shape index (κ3) is 6.32. The third-order valence-corrected chi connectivity index (χ3v) is 3.23. The second-order valence-electron chi connectivity index (χ2n) is 3.84. The maximum absolute atomic E-state index is 13.8. The van der Waals surface area contributed by atoms with Crippen LogP contribution in [0, 0.1) is 0 Å². The molecule has 0 aromatic carbocycles. The second-order valence-corrected chi connectivity index (χ2v) is 6.10. The summed E-state index contributed by atoms with van der Waals surface area (Å²) >= 11 is 0. The molecule has 2 N–H and O–H groups in total. The molecule has 0 aromatic rings. The van der Waals surface area contributed by atoms with Gasteiger partial charge in [-0.1, -0.05) is 13.3 Å². The maximum Gasteiger partial charge on any atom is 0.147 e. The van der Waals surface area contributed by atoms with E-state index in [1.165, 1.54) is 0 Å². The summed E-state index contributed by atoms with van der Waals surface area (Å²) in [7, 11) is -2.98. The zero-order valence-electron chi connectivity index (χ0n) is 8.92. The molecule has 0 aliphatic rings. The van der Waals surface area contributed by atoms with Crippen LogP contribution in [0.2, 0.25) is 0 Å². The molecule has 3 nitrogen and oxygen atoms in total. The van der Waals surface area contributed by atoms with E-state index >= 15 is 0 Å². The van der Waals surface area contributed by atoms with E-state index in [4.69, 9.17) is 5.73 Å². The van der Waals surface area contributed by atoms with Crippen LogP contribution in [0.15, 0.2) is 0 Å². The standard InChI is InChI=1S/C9H20FNO2S/c1-3-5-9(10,8-11)6-4-7-14(2,12)13/h3-8,11H2,1-2H3. The Labute approximate surface area is 85.8 Å². The molecule has 86 valence electrons. The molecule has 0 aliphatic heterocycles. The van der Waals surface area contributed by atoms with E-state index in [0.29, 0.717) is 12.8 Å². The van der Waals surface area contributed by atoms with E-state index in [1.54, 1.807) is 0 Å².